The number of aromatic nitrogens is 1. The number of carboxylic acid groups (broad SMARTS) is 1. The molecule has 0 bridgehead atoms. The Bertz CT molecular complexity index is 870. The highest BCUT2D eigenvalue weighted by atomic mass is 32.2. The Morgan fingerprint density at radius 3 is 2.52 bits per heavy atom. The van der Waals surface area contributed by atoms with E-state index in [0.717, 1.165) is 18.4 Å². The van der Waals surface area contributed by atoms with Gasteiger partial charge in [-0.3, -0.25) is 4.72 Å². The molecule has 8 heteroatoms. The number of pyridine rings is 1. The van der Waals surface area contributed by atoms with E-state index in [1.807, 2.05) is 35.2 Å². The van der Waals surface area contributed by atoms with E-state index >= 15 is 0 Å². The van der Waals surface area contributed by atoms with Crippen molar-refractivity contribution in [1.29, 1.82) is 0 Å². The summed E-state index contributed by atoms with van der Waals surface area (Å²) >= 11 is 0. The fraction of sp³-hybridized carbons (Fsp3) is 0.368. The van der Waals surface area contributed by atoms with Gasteiger partial charge in [-0.2, -0.15) is 0 Å². The van der Waals surface area contributed by atoms with Crippen LogP contribution in [0.4, 0.5) is 11.5 Å². The molecule has 0 spiro atoms. The number of sulfonamides is 1. The van der Waals surface area contributed by atoms with Crippen molar-refractivity contribution in [1.82, 2.24) is 4.98 Å². The third-order valence-corrected chi connectivity index (χ3v) is 5.35. The molecule has 0 aliphatic rings. The smallest absolute Gasteiger partial charge is 0.339 e. The quantitative estimate of drug-likeness (QED) is 0.644. The second-order valence-electron chi connectivity index (χ2n) is 6.17. The van der Waals surface area contributed by atoms with Gasteiger partial charge in [0.25, 0.3) is 0 Å². The molecule has 2 rings (SSSR count). The number of rotatable bonds is 10. The van der Waals surface area contributed by atoms with E-state index in [2.05, 4.69) is 16.6 Å². The Balaban J connectivity index is 2.39. The lowest BCUT2D eigenvalue weighted by atomic mass is 10.1. The number of hydrogen-bond donors (Lipinski definition) is 2. The van der Waals surface area contributed by atoms with Crippen molar-refractivity contribution in [3.8, 4) is 0 Å². The van der Waals surface area contributed by atoms with Crippen LogP contribution in [0.3, 0.4) is 0 Å². The SMILES string of the molecule is CCCCN(Cc1ccccc1)c1ncc(NS(=O)(=O)CC)cc1C(=O)O. The van der Waals surface area contributed by atoms with Gasteiger partial charge in [-0.1, -0.05) is 43.7 Å². The second kappa shape index (κ2) is 9.36. The minimum Gasteiger partial charge on any atom is -0.478 e. The molecule has 2 N–H and O–H groups in total. The van der Waals surface area contributed by atoms with Gasteiger partial charge in [0.1, 0.15) is 11.4 Å². The summed E-state index contributed by atoms with van der Waals surface area (Å²) in [5.74, 6) is -0.919. The number of unbranched alkanes of at least 4 members (excludes halogenated alkanes) is 1. The van der Waals surface area contributed by atoms with Crippen LogP contribution in [0.2, 0.25) is 0 Å². The van der Waals surface area contributed by atoms with Crippen LogP contribution < -0.4 is 9.62 Å². The van der Waals surface area contributed by atoms with Crippen LogP contribution in [-0.2, 0) is 16.6 Å². The molecular weight excluding hydrogens is 366 g/mol. The molecule has 146 valence electrons. The summed E-state index contributed by atoms with van der Waals surface area (Å²) in [5, 5.41) is 9.64. The highest BCUT2D eigenvalue weighted by molar-refractivity contribution is 7.92. The van der Waals surface area contributed by atoms with Crippen molar-refractivity contribution in [3.63, 3.8) is 0 Å². The number of nitrogens with one attached hydrogen (secondary N) is 1. The van der Waals surface area contributed by atoms with Gasteiger partial charge in [0.05, 0.1) is 17.6 Å². The first-order valence-electron chi connectivity index (χ1n) is 8.89. The lowest BCUT2D eigenvalue weighted by molar-refractivity contribution is 0.0697. The summed E-state index contributed by atoms with van der Waals surface area (Å²) < 4.78 is 25.9. The number of carboxylic acids is 1. The lowest BCUT2D eigenvalue weighted by Crippen LogP contribution is -2.27. The topological polar surface area (TPSA) is 99.6 Å². The minimum absolute atomic E-state index is 0.0293. The van der Waals surface area contributed by atoms with E-state index < -0.39 is 16.0 Å². The van der Waals surface area contributed by atoms with Crippen LogP contribution in [0.5, 0.6) is 0 Å². The molecule has 1 heterocycles. The summed E-state index contributed by atoms with van der Waals surface area (Å²) in [6.45, 7) is 4.75. The predicted octanol–water partition coefficient (Wildman–Crippen LogP) is 3.35. The second-order valence-corrected chi connectivity index (χ2v) is 8.18. The average molecular weight is 391 g/mol. The van der Waals surface area contributed by atoms with E-state index in [-0.39, 0.29) is 17.0 Å². The first kappa shape index (κ1) is 20.7. The summed E-state index contributed by atoms with van der Waals surface area (Å²) in [4.78, 5) is 18.0. The Labute approximate surface area is 160 Å². The van der Waals surface area contributed by atoms with Gasteiger partial charge < -0.3 is 10.0 Å². The molecule has 0 amide bonds. The third kappa shape index (κ3) is 5.96. The van der Waals surface area contributed by atoms with Crippen LogP contribution in [0.15, 0.2) is 42.6 Å². The van der Waals surface area contributed by atoms with Crippen molar-refractivity contribution < 1.29 is 18.3 Å². The van der Waals surface area contributed by atoms with Crippen molar-refractivity contribution in [2.24, 2.45) is 0 Å². The van der Waals surface area contributed by atoms with Gasteiger partial charge in [-0.15, -0.1) is 0 Å². The molecule has 0 aliphatic carbocycles. The molecule has 0 saturated carbocycles. The molecule has 0 saturated heterocycles. The highest BCUT2D eigenvalue weighted by Gasteiger charge is 2.20. The van der Waals surface area contributed by atoms with Crippen LogP contribution in [0, 0.1) is 0 Å². The van der Waals surface area contributed by atoms with Crippen molar-refractivity contribution >= 4 is 27.5 Å². The fourth-order valence-corrected chi connectivity index (χ4v) is 3.20. The van der Waals surface area contributed by atoms with Gasteiger partial charge in [0.2, 0.25) is 10.0 Å². The van der Waals surface area contributed by atoms with Gasteiger partial charge >= 0.3 is 5.97 Å². The number of benzene rings is 1. The van der Waals surface area contributed by atoms with Crippen molar-refractivity contribution in [2.45, 2.75) is 33.2 Å². The zero-order valence-electron chi connectivity index (χ0n) is 15.6. The Hall–Kier alpha value is -2.61. The van der Waals surface area contributed by atoms with Crippen LogP contribution >= 0.6 is 0 Å². The molecule has 0 aliphatic heterocycles. The Morgan fingerprint density at radius 2 is 1.93 bits per heavy atom. The van der Waals surface area contributed by atoms with Gasteiger partial charge in [-0.25, -0.2) is 18.2 Å². The number of anilines is 2. The summed E-state index contributed by atoms with van der Waals surface area (Å²) in [7, 11) is -3.51. The maximum atomic E-state index is 11.8. The van der Waals surface area contributed by atoms with E-state index in [1.165, 1.54) is 19.2 Å². The van der Waals surface area contributed by atoms with E-state index in [9.17, 15) is 18.3 Å². The third-order valence-electron chi connectivity index (χ3n) is 4.05. The van der Waals surface area contributed by atoms with E-state index in [0.29, 0.717) is 18.9 Å². The van der Waals surface area contributed by atoms with E-state index in [4.69, 9.17) is 0 Å². The molecule has 27 heavy (non-hydrogen) atoms. The fourth-order valence-electron chi connectivity index (χ4n) is 2.59. The molecule has 0 atom stereocenters. The van der Waals surface area contributed by atoms with Gasteiger partial charge in [0, 0.05) is 13.1 Å². The standard InChI is InChI=1S/C19H25N3O4S/c1-3-5-11-22(14-15-9-7-6-8-10-15)18-17(19(23)24)12-16(13-20-18)21-27(25,26)4-2/h6-10,12-13,21H,3-5,11,14H2,1-2H3,(H,23,24). The number of aromatic carboxylic acids is 1. The monoisotopic (exact) mass is 391 g/mol. The zero-order valence-corrected chi connectivity index (χ0v) is 16.4. The molecule has 1 aromatic carbocycles. The highest BCUT2D eigenvalue weighted by Crippen LogP contribution is 2.24. The molecule has 0 fully saturated rings. The summed E-state index contributed by atoms with van der Waals surface area (Å²) in [6.07, 6.45) is 3.21. The molecule has 0 unspecified atom stereocenters. The lowest BCUT2D eigenvalue weighted by Gasteiger charge is -2.25. The van der Waals surface area contributed by atoms with Gasteiger partial charge in [-0.05, 0) is 25.0 Å². The molecule has 0 radical (unpaired) electrons. The molecule has 1 aromatic heterocycles. The van der Waals surface area contributed by atoms with Crippen LogP contribution in [-0.4, -0.2) is 36.8 Å². The largest absolute Gasteiger partial charge is 0.478 e. The predicted molar refractivity (Wildman–Crippen MR) is 107 cm³/mol. The van der Waals surface area contributed by atoms with Gasteiger partial charge in [0.15, 0.2) is 0 Å². The average Bonchev–Trinajstić information content (AvgIpc) is 2.65. The minimum atomic E-state index is -3.51. The van der Waals surface area contributed by atoms with E-state index in [1.54, 1.807) is 0 Å². The maximum Gasteiger partial charge on any atom is 0.339 e. The van der Waals surface area contributed by atoms with Crippen molar-refractivity contribution in [2.75, 3.05) is 21.9 Å². The number of nitrogens with zero attached hydrogens (tertiary/aromatic N) is 2. The van der Waals surface area contributed by atoms with Crippen molar-refractivity contribution in [3.05, 3.63) is 53.7 Å². The first-order valence-corrected chi connectivity index (χ1v) is 10.5. The van der Waals surface area contributed by atoms with Crippen LogP contribution in [0.25, 0.3) is 0 Å². The molecule has 7 nitrogen and oxygen atoms in total. The first-order chi connectivity index (χ1) is 12.9. The Morgan fingerprint density at radius 1 is 1.22 bits per heavy atom. The normalized spacial score (nSPS) is 11.2. The molecular formula is C19H25N3O4S. The summed E-state index contributed by atoms with van der Waals surface area (Å²) in [6, 6.07) is 11.1. The Kier molecular flexibility index (Phi) is 7.18. The number of carbonyl (C=O) groups is 1. The van der Waals surface area contributed by atoms with Crippen LogP contribution in [0.1, 0.15) is 42.6 Å². The summed E-state index contributed by atoms with van der Waals surface area (Å²) in [5.41, 5.74) is 1.16. The molecule has 2 aromatic rings. The maximum absolute atomic E-state index is 11.8. The number of hydrogen-bond acceptors (Lipinski definition) is 5. The zero-order chi connectivity index (χ0) is 19.9.